The maximum absolute atomic E-state index is 14.4. The Morgan fingerprint density at radius 2 is 1.68 bits per heavy atom. The third-order valence-corrected chi connectivity index (χ3v) is 7.65. The molecule has 1 aliphatic heterocycles. The SMILES string of the molecule is COc1cc(C(=O)N(CC(C)=Cc2ccc(F)cc2F)CC2CCCN2C2CCCC2)cc(OC)c1OC. The molecule has 4 rings (SSSR count). The fourth-order valence-corrected chi connectivity index (χ4v) is 5.86. The van der Waals surface area contributed by atoms with E-state index in [1.807, 2.05) is 11.8 Å². The second-order valence-corrected chi connectivity index (χ2v) is 10.2. The van der Waals surface area contributed by atoms with E-state index in [1.165, 1.54) is 59.1 Å². The predicted octanol–water partition coefficient (Wildman–Crippen LogP) is 5.94. The molecule has 1 unspecified atom stereocenters. The van der Waals surface area contributed by atoms with Crippen molar-refractivity contribution < 1.29 is 27.8 Å². The van der Waals surface area contributed by atoms with Crippen LogP contribution in [0.5, 0.6) is 17.2 Å². The smallest absolute Gasteiger partial charge is 0.254 e. The van der Waals surface area contributed by atoms with Gasteiger partial charge < -0.3 is 19.1 Å². The Morgan fingerprint density at radius 3 is 2.29 bits per heavy atom. The first-order valence-corrected chi connectivity index (χ1v) is 13.3. The first-order valence-electron chi connectivity index (χ1n) is 13.3. The molecule has 1 atom stereocenters. The van der Waals surface area contributed by atoms with E-state index >= 15 is 0 Å². The number of ether oxygens (including phenoxy) is 3. The van der Waals surface area contributed by atoms with Crippen LogP contribution in [0.15, 0.2) is 35.9 Å². The Kier molecular flexibility index (Phi) is 9.26. The van der Waals surface area contributed by atoms with E-state index in [1.54, 1.807) is 18.2 Å². The lowest BCUT2D eigenvalue weighted by Crippen LogP contribution is -2.46. The van der Waals surface area contributed by atoms with Crippen molar-refractivity contribution in [1.82, 2.24) is 9.80 Å². The summed E-state index contributed by atoms with van der Waals surface area (Å²) in [6.07, 6.45) is 8.75. The Morgan fingerprint density at radius 1 is 1.00 bits per heavy atom. The second kappa shape index (κ2) is 12.6. The molecule has 0 N–H and O–H groups in total. The zero-order valence-electron chi connectivity index (χ0n) is 22.8. The minimum Gasteiger partial charge on any atom is -0.493 e. The van der Waals surface area contributed by atoms with Crippen LogP contribution in [0.25, 0.3) is 6.08 Å². The van der Waals surface area contributed by atoms with Crippen LogP contribution in [-0.2, 0) is 0 Å². The van der Waals surface area contributed by atoms with Crippen LogP contribution in [0, 0.1) is 11.6 Å². The summed E-state index contributed by atoms with van der Waals surface area (Å²) in [7, 11) is 4.56. The van der Waals surface area contributed by atoms with E-state index < -0.39 is 11.6 Å². The van der Waals surface area contributed by atoms with E-state index in [4.69, 9.17) is 14.2 Å². The second-order valence-electron chi connectivity index (χ2n) is 10.2. The van der Waals surface area contributed by atoms with Gasteiger partial charge >= 0.3 is 0 Å². The van der Waals surface area contributed by atoms with Crippen molar-refractivity contribution in [3.05, 3.63) is 58.7 Å². The highest BCUT2D eigenvalue weighted by atomic mass is 19.1. The van der Waals surface area contributed by atoms with Crippen molar-refractivity contribution in [3.63, 3.8) is 0 Å². The minimum absolute atomic E-state index is 0.171. The predicted molar refractivity (Wildman–Crippen MR) is 144 cm³/mol. The minimum atomic E-state index is -0.630. The fourth-order valence-electron chi connectivity index (χ4n) is 5.86. The van der Waals surface area contributed by atoms with Crippen LogP contribution in [0.4, 0.5) is 8.78 Å². The van der Waals surface area contributed by atoms with Gasteiger partial charge in [-0.2, -0.15) is 0 Å². The number of rotatable bonds is 10. The molecule has 206 valence electrons. The monoisotopic (exact) mass is 528 g/mol. The maximum atomic E-state index is 14.4. The fraction of sp³-hybridized carbons (Fsp3) is 0.500. The van der Waals surface area contributed by atoms with Gasteiger partial charge in [0.25, 0.3) is 5.91 Å². The zero-order chi connectivity index (χ0) is 27.2. The lowest BCUT2D eigenvalue weighted by Gasteiger charge is -2.34. The lowest BCUT2D eigenvalue weighted by atomic mass is 10.1. The number of amides is 1. The van der Waals surface area contributed by atoms with Crippen LogP contribution in [-0.4, -0.2) is 68.8 Å². The molecule has 1 aliphatic carbocycles. The molecular weight excluding hydrogens is 490 g/mol. The number of likely N-dealkylation sites (tertiary alicyclic amines) is 1. The number of halogens is 2. The quantitative estimate of drug-likeness (QED) is 0.382. The van der Waals surface area contributed by atoms with Crippen molar-refractivity contribution in [1.29, 1.82) is 0 Å². The van der Waals surface area contributed by atoms with Crippen molar-refractivity contribution in [2.24, 2.45) is 0 Å². The largest absolute Gasteiger partial charge is 0.493 e. The van der Waals surface area contributed by atoms with Gasteiger partial charge in [-0.1, -0.05) is 24.5 Å². The van der Waals surface area contributed by atoms with Gasteiger partial charge in [-0.25, -0.2) is 8.78 Å². The standard InChI is InChI=1S/C30H38F2N2O4/c1-20(14-21-11-12-23(31)17-26(21)32)18-33(19-25-10-7-13-34(25)24-8-5-6-9-24)30(35)22-15-27(36-2)29(38-4)28(16-22)37-3/h11-12,14-17,24-25H,5-10,13,18-19H2,1-4H3. The van der Waals surface area contributed by atoms with Crippen LogP contribution in [0.3, 0.4) is 0 Å². The average Bonchev–Trinajstić information content (AvgIpc) is 3.60. The number of nitrogens with zero attached hydrogens (tertiary/aromatic N) is 2. The number of carbonyl (C=O) groups excluding carboxylic acids is 1. The molecule has 1 heterocycles. The summed E-state index contributed by atoms with van der Waals surface area (Å²) >= 11 is 0. The van der Waals surface area contributed by atoms with Gasteiger partial charge in [0.2, 0.25) is 5.75 Å². The number of methoxy groups -OCH3 is 3. The van der Waals surface area contributed by atoms with Crippen molar-refractivity contribution in [2.45, 2.75) is 57.5 Å². The highest BCUT2D eigenvalue weighted by Gasteiger charge is 2.34. The van der Waals surface area contributed by atoms with Gasteiger partial charge in [0, 0.05) is 42.4 Å². The summed E-state index contributed by atoms with van der Waals surface area (Å²) in [6, 6.07) is 7.69. The topological polar surface area (TPSA) is 51.2 Å². The summed E-state index contributed by atoms with van der Waals surface area (Å²) in [6.45, 7) is 3.78. The summed E-state index contributed by atoms with van der Waals surface area (Å²) in [5.74, 6) is -0.188. The van der Waals surface area contributed by atoms with Gasteiger partial charge in [-0.15, -0.1) is 0 Å². The van der Waals surface area contributed by atoms with Crippen LogP contribution >= 0.6 is 0 Å². The van der Waals surface area contributed by atoms with Crippen molar-refractivity contribution in [2.75, 3.05) is 41.0 Å². The van der Waals surface area contributed by atoms with E-state index in [-0.39, 0.29) is 17.5 Å². The molecule has 0 spiro atoms. The number of benzene rings is 2. The zero-order valence-corrected chi connectivity index (χ0v) is 22.8. The Labute approximate surface area is 224 Å². The Hall–Kier alpha value is -3.13. The van der Waals surface area contributed by atoms with Crippen LogP contribution in [0.2, 0.25) is 0 Å². The van der Waals surface area contributed by atoms with Crippen LogP contribution < -0.4 is 14.2 Å². The third-order valence-electron chi connectivity index (χ3n) is 7.65. The Balaban J connectivity index is 1.65. The average molecular weight is 529 g/mol. The normalized spacial score (nSPS) is 18.6. The maximum Gasteiger partial charge on any atom is 0.254 e. The molecule has 1 saturated carbocycles. The summed E-state index contributed by atoms with van der Waals surface area (Å²) < 4.78 is 44.2. The van der Waals surface area contributed by atoms with Crippen molar-refractivity contribution >= 4 is 12.0 Å². The van der Waals surface area contributed by atoms with Gasteiger partial charge in [0.05, 0.1) is 21.3 Å². The molecule has 2 aliphatic rings. The van der Waals surface area contributed by atoms with Gasteiger partial charge in [0.15, 0.2) is 11.5 Å². The van der Waals surface area contributed by atoms with E-state index in [0.29, 0.717) is 41.9 Å². The molecule has 6 nitrogen and oxygen atoms in total. The highest BCUT2D eigenvalue weighted by Crippen LogP contribution is 2.39. The summed E-state index contributed by atoms with van der Waals surface area (Å²) in [5, 5.41) is 0. The number of carbonyl (C=O) groups is 1. The molecule has 8 heteroatoms. The first kappa shape index (κ1) is 27.9. The van der Waals surface area contributed by atoms with E-state index in [9.17, 15) is 13.6 Å². The Bertz CT molecular complexity index is 1140. The molecule has 0 bridgehead atoms. The molecule has 2 fully saturated rings. The molecular formula is C30H38F2N2O4. The molecule has 38 heavy (non-hydrogen) atoms. The van der Waals surface area contributed by atoms with Gasteiger partial charge in [-0.3, -0.25) is 9.69 Å². The third kappa shape index (κ3) is 6.29. The lowest BCUT2D eigenvalue weighted by molar-refractivity contribution is 0.0696. The molecule has 0 radical (unpaired) electrons. The summed E-state index contributed by atoms with van der Waals surface area (Å²) in [4.78, 5) is 18.4. The van der Waals surface area contributed by atoms with E-state index in [2.05, 4.69) is 4.90 Å². The molecule has 2 aromatic carbocycles. The molecule has 2 aromatic rings. The number of hydrogen-bond donors (Lipinski definition) is 0. The molecule has 0 aromatic heterocycles. The molecule has 1 saturated heterocycles. The highest BCUT2D eigenvalue weighted by molar-refractivity contribution is 5.96. The summed E-state index contributed by atoms with van der Waals surface area (Å²) in [5.41, 5.74) is 1.50. The molecule has 1 amide bonds. The van der Waals surface area contributed by atoms with Gasteiger partial charge in [0.1, 0.15) is 11.6 Å². The van der Waals surface area contributed by atoms with E-state index in [0.717, 1.165) is 31.0 Å². The van der Waals surface area contributed by atoms with Crippen molar-refractivity contribution in [3.8, 4) is 17.2 Å². The van der Waals surface area contributed by atoms with Crippen LogP contribution in [0.1, 0.15) is 61.4 Å². The first-order chi connectivity index (χ1) is 18.3. The van der Waals surface area contributed by atoms with Gasteiger partial charge in [-0.05, 0) is 63.4 Å². The number of hydrogen-bond acceptors (Lipinski definition) is 5.